The van der Waals surface area contributed by atoms with Crippen LogP contribution in [0.4, 0.5) is 0 Å². The topological polar surface area (TPSA) is 56.8 Å². The molecule has 2 aliphatic rings. The second-order valence-corrected chi connectivity index (χ2v) is 5.70. The largest absolute Gasteiger partial charge is 0.486 e. The number of carbonyl (C=O) groups excluding carboxylic acids is 1. The van der Waals surface area contributed by atoms with Crippen LogP contribution in [0.2, 0.25) is 5.02 Å². The molecule has 114 valence electrons. The number of carbonyl (C=O) groups is 1. The van der Waals surface area contributed by atoms with Gasteiger partial charge in [-0.15, -0.1) is 0 Å². The first-order valence-corrected chi connectivity index (χ1v) is 7.54. The van der Waals surface area contributed by atoms with Crippen LogP contribution in [-0.4, -0.2) is 37.9 Å². The smallest absolute Gasteiger partial charge is 0.251 e. The van der Waals surface area contributed by atoms with E-state index < -0.39 is 0 Å². The van der Waals surface area contributed by atoms with Crippen molar-refractivity contribution in [3.8, 4) is 11.5 Å². The number of benzene rings is 1. The maximum absolute atomic E-state index is 12.3. The number of nitrogens with one attached hydrogen (secondary N) is 1. The summed E-state index contributed by atoms with van der Waals surface area (Å²) in [5.41, 5.74) is 0.467. The van der Waals surface area contributed by atoms with Crippen molar-refractivity contribution in [1.82, 2.24) is 5.32 Å². The van der Waals surface area contributed by atoms with Crippen LogP contribution in [-0.2, 0) is 4.74 Å². The monoisotopic (exact) mass is 311 g/mol. The Morgan fingerprint density at radius 1 is 1.33 bits per heavy atom. The fraction of sp³-hybridized carbons (Fsp3) is 0.533. The van der Waals surface area contributed by atoms with E-state index in [1.807, 2.05) is 6.92 Å². The summed E-state index contributed by atoms with van der Waals surface area (Å²) in [4.78, 5) is 12.3. The maximum Gasteiger partial charge on any atom is 0.251 e. The third-order valence-electron chi connectivity index (χ3n) is 3.74. The molecule has 2 atom stereocenters. The quantitative estimate of drug-likeness (QED) is 0.931. The molecule has 0 aliphatic carbocycles. The van der Waals surface area contributed by atoms with Crippen molar-refractivity contribution in [2.24, 2.45) is 0 Å². The maximum atomic E-state index is 12.3. The highest BCUT2D eigenvalue weighted by Gasteiger charge is 2.25. The Balaban J connectivity index is 1.73. The van der Waals surface area contributed by atoms with Gasteiger partial charge in [0.2, 0.25) is 0 Å². The van der Waals surface area contributed by atoms with Gasteiger partial charge in [-0.3, -0.25) is 4.79 Å². The predicted octanol–water partition coefficient (Wildman–Crippen LogP) is 2.41. The summed E-state index contributed by atoms with van der Waals surface area (Å²) in [5, 5.41) is 3.34. The highest BCUT2D eigenvalue weighted by molar-refractivity contribution is 6.32. The lowest BCUT2D eigenvalue weighted by molar-refractivity contribution is 0.0712. The number of hydrogen-bond donors (Lipinski definition) is 1. The van der Waals surface area contributed by atoms with Crippen LogP contribution in [0.15, 0.2) is 12.1 Å². The minimum Gasteiger partial charge on any atom is -0.486 e. The van der Waals surface area contributed by atoms with Gasteiger partial charge in [-0.2, -0.15) is 0 Å². The number of hydrogen-bond acceptors (Lipinski definition) is 4. The van der Waals surface area contributed by atoms with E-state index in [2.05, 4.69) is 5.32 Å². The van der Waals surface area contributed by atoms with E-state index in [1.54, 1.807) is 12.1 Å². The van der Waals surface area contributed by atoms with Crippen LogP contribution < -0.4 is 14.8 Å². The van der Waals surface area contributed by atoms with E-state index in [1.165, 1.54) is 0 Å². The highest BCUT2D eigenvalue weighted by atomic mass is 35.5. The van der Waals surface area contributed by atoms with Crippen molar-refractivity contribution in [3.05, 3.63) is 22.7 Å². The van der Waals surface area contributed by atoms with E-state index in [4.69, 9.17) is 25.8 Å². The van der Waals surface area contributed by atoms with Crippen LogP contribution in [0, 0.1) is 0 Å². The molecule has 0 spiro atoms. The molecule has 0 unspecified atom stereocenters. The van der Waals surface area contributed by atoms with Crippen molar-refractivity contribution in [1.29, 1.82) is 0 Å². The molecule has 1 N–H and O–H groups in total. The van der Waals surface area contributed by atoms with Gasteiger partial charge >= 0.3 is 0 Å². The SMILES string of the molecule is C[C@H](NC(=O)c1cc(Cl)c2c(c1)OCCO2)[C@@H]1CCCO1. The standard InChI is InChI=1S/C15H18ClNO4/c1-9(12-3-2-4-19-12)17-15(18)10-7-11(16)14-13(8-10)20-5-6-21-14/h7-9,12H,2-6H2,1H3,(H,17,18)/t9-,12-/m0/s1. The minimum absolute atomic E-state index is 0.0352. The van der Waals surface area contributed by atoms with E-state index in [-0.39, 0.29) is 18.1 Å². The second kappa shape index (κ2) is 6.12. The number of halogens is 1. The molecule has 0 saturated carbocycles. The molecule has 2 heterocycles. The van der Waals surface area contributed by atoms with Crippen molar-refractivity contribution in [2.45, 2.75) is 31.9 Å². The molecule has 21 heavy (non-hydrogen) atoms. The first-order valence-electron chi connectivity index (χ1n) is 7.17. The van der Waals surface area contributed by atoms with E-state index in [0.29, 0.717) is 35.3 Å². The Morgan fingerprint density at radius 3 is 2.90 bits per heavy atom. The van der Waals surface area contributed by atoms with Crippen LogP contribution in [0.25, 0.3) is 0 Å². The molecule has 0 bridgehead atoms. The van der Waals surface area contributed by atoms with E-state index in [0.717, 1.165) is 19.4 Å². The lowest BCUT2D eigenvalue weighted by Crippen LogP contribution is -2.40. The molecular formula is C15H18ClNO4. The molecule has 1 aromatic rings. The highest BCUT2D eigenvalue weighted by Crippen LogP contribution is 2.38. The van der Waals surface area contributed by atoms with Gasteiger partial charge in [0, 0.05) is 12.2 Å². The van der Waals surface area contributed by atoms with Gasteiger partial charge < -0.3 is 19.5 Å². The van der Waals surface area contributed by atoms with Crippen molar-refractivity contribution in [2.75, 3.05) is 19.8 Å². The van der Waals surface area contributed by atoms with Crippen molar-refractivity contribution >= 4 is 17.5 Å². The van der Waals surface area contributed by atoms with Gasteiger partial charge in [0.1, 0.15) is 13.2 Å². The zero-order valence-electron chi connectivity index (χ0n) is 11.9. The first-order chi connectivity index (χ1) is 10.1. The fourth-order valence-electron chi connectivity index (χ4n) is 2.62. The lowest BCUT2D eigenvalue weighted by Gasteiger charge is -2.22. The summed E-state index contributed by atoms with van der Waals surface area (Å²) in [7, 11) is 0. The number of rotatable bonds is 3. The zero-order valence-corrected chi connectivity index (χ0v) is 12.6. The zero-order chi connectivity index (χ0) is 14.8. The normalized spacial score (nSPS) is 21.9. The average molecular weight is 312 g/mol. The van der Waals surface area contributed by atoms with Crippen LogP contribution in [0.5, 0.6) is 11.5 Å². The Hall–Kier alpha value is -1.46. The van der Waals surface area contributed by atoms with Gasteiger partial charge in [0.15, 0.2) is 11.5 Å². The summed E-state index contributed by atoms with van der Waals surface area (Å²) in [6.07, 6.45) is 2.10. The van der Waals surface area contributed by atoms with Crippen molar-refractivity contribution in [3.63, 3.8) is 0 Å². The van der Waals surface area contributed by atoms with Crippen molar-refractivity contribution < 1.29 is 19.0 Å². The summed E-state index contributed by atoms with van der Waals surface area (Å²) < 4.78 is 16.5. The third kappa shape index (κ3) is 3.09. The molecule has 3 rings (SSSR count). The first kappa shape index (κ1) is 14.5. The second-order valence-electron chi connectivity index (χ2n) is 5.30. The Labute approximate surface area is 128 Å². The van der Waals surface area contributed by atoms with E-state index >= 15 is 0 Å². The Kier molecular flexibility index (Phi) is 4.22. The van der Waals surface area contributed by atoms with Crippen LogP contribution >= 0.6 is 11.6 Å². The number of amides is 1. The molecule has 6 heteroatoms. The molecule has 1 saturated heterocycles. The molecular weight excluding hydrogens is 294 g/mol. The molecule has 1 aromatic carbocycles. The van der Waals surface area contributed by atoms with Crippen LogP contribution in [0.3, 0.4) is 0 Å². The predicted molar refractivity (Wildman–Crippen MR) is 78.3 cm³/mol. The van der Waals surface area contributed by atoms with Gasteiger partial charge in [0.25, 0.3) is 5.91 Å². The van der Waals surface area contributed by atoms with Gasteiger partial charge in [-0.05, 0) is 31.9 Å². The molecule has 0 radical (unpaired) electrons. The Morgan fingerprint density at radius 2 is 2.14 bits per heavy atom. The lowest BCUT2D eigenvalue weighted by atomic mass is 10.1. The molecule has 5 nitrogen and oxygen atoms in total. The Bertz CT molecular complexity index is 543. The van der Waals surface area contributed by atoms with Crippen LogP contribution in [0.1, 0.15) is 30.1 Å². The number of fused-ring (bicyclic) bond motifs is 1. The minimum atomic E-state index is -0.183. The van der Waals surface area contributed by atoms with Gasteiger partial charge in [-0.1, -0.05) is 11.6 Å². The summed E-state index contributed by atoms with van der Waals surface area (Å²) in [6.45, 7) is 3.64. The third-order valence-corrected chi connectivity index (χ3v) is 4.02. The average Bonchev–Trinajstić information content (AvgIpc) is 3.01. The van der Waals surface area contributed by atoms with E-state index in [9.17, 15) is 4.79 Å². The summed E-state index contributed by atoms with van der Waals surface area (Å²) in [6, 6.07) is 3.23. The molecule has 0 aromatic heterocycles. The fourth-order valence-corrected chi connectivity index (χ4v) is 2.89. The number of ether oxygens (including phenoxy) is 3. The molecule has 1 fully saturated rings. The summed E-state index contributed by atoms with van der Waals surface area (Å²) >= 11 is 6.15. The molecule has 2 aliphatic heterocycles. The van der Waals surface area contributed by atoms with Gasteiger partial charge in [-0.25, -0.2) is 0 Å². The molecule has 1 amide bonds. The summed E-state index contributed by atoms with van der Waals surface area (Å²) in [5.74, 6) is 0.840. The van der Waals surface area contributed by atoms with Gasteiger partial charge in [0.05, 0.1) is 17.2 Å².